The van der Waals surface area contributed by atoms with Crippen molar-refractivity contribution in [3.05, 3.63) is 70.7 Å². The van der Waals surface area contributed by atoms with Gasteiger partial charge in [0.15, 0.2) is 0 Å². The molecule has 4 rings (SSSR count). The Kier molecular flexibility index (Phi) is 5.41. The second kappa shape index (κ2) is 7.97. The first-order valence-electron chi connectivity index (χ1n) is 8.56. The largest absolute Gasteiger partial charge is 0.508 e. The van der Waals surface area contributed by atoms with Gasteiger partial charge in [0.2, 0.25) is 5.79 Å². The van der Waals surface area contributed by atoms with Crippen molar-refractivity contribution in [2.75, 3.05) is 13.2 Å². The van der Waals surface area contributed by atoms with Gasteiger partial charge in [0.1, 0.15) is 43.4 Å². The molecule has 1 aliphatic rings. The lowest BCUT2D eigenvalue weighted by molar-refractivity contribution is -0.190. The number of aromatic hydroxyl groups is 1. The van der Waals surface area contributed by atoms with Gasteiger partial charge < -0.3 is 19.3 Å². The molecule has 9 heteroatoms. The number of ether oxygens (including phenoxy) is 3. The van der Waals surface area contributed by atoms with Crippen LogP contribution in [0.2, 0.25) is 10.0 Å². The molecule has 2 aromatic carbocycles. The van der Waals surface area contributed by atoms with E-state index in [1.165, 1.54) is 6.33 Å². The smallest absolute Gasteiger partial charge is 0.217 e. The Morgan fingerprint density at radius 2 is 2.04 bits per heavy atom. The van der Waals surface area contributed by atoms with Crippen LogP contribution in [0, 0.1) is 0 Å². The third-order valence-electron chi connectivity index (χ3n) is 4.31. The van der Waals surface area contributed by atoms with E-state index in [0.29, 0.717) is 28.0 Å². The lowest BCUT2D eigenvalue weighted by atomic mass is 10.1. The number of benzene rings is 2. The molecule has 2 unspecified atom stereocenters. The van der Waals surface area contributed by atoms with Crippen LogP contribution in [0.3, 0.4) is 0 Å². The predicted molar refractivity (Wildman–Crippen MR) is 103 cm³/mol. The maximum atomic E-state index is 9.36. The zero-order valence-corrected chi connectivity index (χ0v) is 16.2. The second-order valence-corrected chi connectivity index (χ2v) is 7.17. The number of phenols is 1. The van der Waals surface area contributed by atoms with Crippen molar-refractivity contribution in [3.63, 3.8) is 0 Å². The van der Waals surface area contributed by atoms with E-state index in [9.17, 15) is 5.11 Å². The number of hydrogen-bond acceptors (Lipinski definition) is 6. The summed E-state index contributed by atoms with van der Waals surface area (Å²) in [6.07, 6.45) is 2.69. The maximum absolute atomic E-state index is 9.36. The van der Waals surface area contributed by atoms with E-state index in [4.69, 9.17) is 37.4 Å². The first-order valence-corrected chi connectivity index (χ1v) is 9.31. The second-order valence-electron chi connectivity index (χ2n) is 6.33. The van der Waals surface area contributed by atoms with Gasteiger partial charge in [0, 0.05) is 10.6 Å². The van der Waals surface area contributed by atoms with E-state index < -0.39 is 5.79 Å². The van der Waals surface area contributed by atoms with E-state index in [-0.39, 0.29) is 25.0 Å². The van der Waals surface area contributed by atoms with Gasteiger partial charge in [-0.05, 0) is 36.4 Å². The Hall–Kier alpha value is -2.32. The summed E-state index contributed by atoms with van der Waals surface area (Å²) < 4.78 is 19.7. The van der Waals surface area contributed by atoms with Crippen LogP contribution >= 0.6 is 23.2 Å². The number of nitrogens with zero attached hydrogens (tertiary/aromatic N) is 3. The summed E-state index contributed by atoms with van der Waals surface area (Å²) in [5.41, 5.74) is 0.654. The number of hydrogen-bond donors (Lipinski definition) is 1. The van der Waals surface area contributed by atoms with Crippen LogP contribution in [0.1, 0.15) is 5.56 Å². The summed E-state index contributed by atoms with van der Waals surface area (Å²) in [4.78, 5) is 3.97. The average molecular weight is 422 g/mol. The number of rotatable bonds is 6. The van der Waals surface area contributed by atoms with Crippen LogP contribution < -0.4 is 4.74 Å². The Morgan fingerprint density at radius 1 is 1.21 bits per heavy atom. The molecule has 0 aliphatic carbocycles. The molecule has 1 saturated heterocycles. The van der Waals surface area contributed by atoms with Crippen LogP contribution in [-0.4, -0.2) is 39.2 Å². The number of aromatic nitrogens is 3. The van der Waals surface area contributed by atoms with Crippen molar-refractivity contribution in [1.29, 1.82) is 0 Å². The maximum Gasteiger partial charge on any atom is 0.217 e. The molecule has 0 saturated carbocycles. The molecular weight excluding hydrogens is 405 g/mol. The van der Waals surface area contributed by atoms with Gasteiger partial charge in [0.25, 0.3) is 0 Å². The predicted octanol–water partition coefficient (Wildman–Crippen LogP) is 3.64. The van der Waals surface area contributed by atoms with Gasteiger partial charge >= 0.3 is 0 Å². The van der Waals surface area contributed by atoms with Gasteiger partial charge in [-0.3, -0.25) is 0 Å². The minimum atomic E-state index is -1.14. The third kappa shape index (κ3) is 4.07. The molecule has 2 heterocycles. The highest BCUT2D eigenvalue weighted by atomic mass is 35.5. The van der Waals surface area contributed by atoms with Crippen molar-refractivity contribution in [3.8, 4) is 11.5 Å². The highest BCUT2D eigenvalue weighted by molar-refractivity contribution is 6.35. The highest BCUT2D eigenvalue weighted by Crippen LogP contribution is 2.40. The Bertz CT molecular complexity index is 937. The van der Waals surface area contributed by atoms with E-state index in [0.717, 1.165) is 0 Å². The van der Waals surface area contributed by atoms with Gasteiger partial charge in [-0.1, -0.05) is 29.3 Å². The third-order valence-corrected chi connectivity index (χ3v) is 4.86. The van der Waals surface area contributed by atoms with Crippen molar-refractivity contribution >= 4 is 23.2 Å². The fraction of sp³-hybridized carbons (Fsp3) is 0.263. The standard InChI is InChI=1S/C19H17Cl2N3O4/c20-13-1-6-17(18(21)7-13)19(10-24-12-22-11-23-24)27-9-16(28-19)8-26-15-4-2-14(25)3-5-15/h1-7,11-12,16,25H,8-10H2. The molecule has 0 spiro atoms. The lowest BCUT2D eigenvalue weighted by Crippen LogP contribution is -2.35. The molecule has 0 bridgehead atoms. The van der Waals surface area contributed by atoms with E-state index in [2.05, 4.69) is 10.1 Å². The summed E-state index contributed by atoms with van der Waals surface area (Å²) in [5, 5.41) is 14.5. The van der Waals surface area contributed by atoms with Crippen LogP contribution in [0.25, 0.3) is 0 Å². The minimum Gasteiger partial charge on any atom is -0.508 e. The first kappa shape index (κ1) is 19.0. The van der Waals surface area contributed by atoms with E-state index >= 15 is 0 Å². The van der Waals surface area contributed by atoms with Crippen LogP contribution in [0.15, 0.2) is 55.1 Å². The van der Waals surface area contributed by atoms with E-state index in [1.54, 1.807) is 53.5 Å². The van der Waals surface area contributed by atoms with Gasteiger partial charge in [-0.2, -0.15) is 5.10 Å². The van der Waals surface area contributed by atoms with Crippen molar-refractivity contribution in [2.45, 2.75) is 18.4 Å². The fourth-order valence-corrected chi connectivity index (χ4v) is 3.57. The minimum absolute atomic E-state index is 0.178. The molecular formula is C19H17Cl2N3O4. The summed E-state index contributed by atoms with van der Waals surface area (Å²) in [5.74, 6) is -0.338. The van der Waals surface area contributed by atoms with Crippen LogP contribution in [0.5, 0.6) is 11.5 Å². The summed E-state index contributed by atoms with van der Waals surface area (Å²) in [6, 6.07) is 11.7. The molecule has 3 aromatic rings. The highest BCUT2D eigenvalue weighted by Gasteiger charge is 2.45. The van der Waals surface area contributed by atoms with Crippen LogP contribution in [0.4, 0.5) is 0 Å². The molecule has 28 heavy (non-hydrogen) atoms. The number of halogens is 2. The molecule has 2 atom stereocenters. The summed E-state index contributed by atoms with van der Waals surface area (Å²) in [7, 11) is 0. The monoisotopic (exact) mass is 421 g/mol. The Balaban J connectivity index is 1.54. The number of phenolic OH excluding ortho intramolecular Hbond substituents is 1. The summed E-state index contributed by atoms with van der Waals surface area (Å²) in [6.45, 7) is 0.852. The van der Waals surface area contributed by atoms with Crippen molar-refractivity contribution in [2.24, 2.45) is 0 Å². The van der Waals surface area contributed by atoms with Gasteiger partial charge in [-0.25, -0.2) is 9.67 Å². The zero-order valence-electron chi connectivity index (χ0n) is 14.7. The van der Waals surface area contributed by atoms with Gasteiger partial charge in [-0.15, -0.1) is 0 Å². The normalized spacial score (nSPS) is 21.7. The molecule has 1 fully saturated rings. The molecule has 1 aliphatic heterocycles. The quantitative estimate of drug-likeness (QED) is 0.654. The molecule has 0 radical (unpaired) electrons. The van der Waals surface area contributed by atoms with E-state index in [1.807, 2.05) is 0 Å². The fourth-order valence-electron chi connectivity index (χ4n) is 3.01. The lowest BCUT2D eigenvalue weighted by Gasteiger charge is -2.29. The molecule has 7 nitrogen and oxygen atoms in total. The SMILES string of the molecule is Oc1ccc(OCC2COC(Cn3cncn3)(c3ccc(Cl)cc3Cl)O2)cc1. The molecule has 1 N–H and O–H groups in total. The Labute approximate surface area is 171 Å². The molecule has 146 valence electrons. The van der Waals surface area contributed by atoms with Crippen molar-refractivity contribution < 1.29 is 19.3 Å². The van der Waals surface area contributed by atoms with Gasteiger partial charge in [0.05, 0.1) is 11.6 Å². The van der Waals surface area contributed by atoms with Crippen LogP contribution in [-0.2, 0) is 21.8 Å². The molecule has 1 aromatic heterocycles. The topological polar surface area (TPSA) is 78.6 Å². The first-order chi connectivity index (χ1) is 13.5. The average Bonchev–Trinajstić information content (AvgIpc) is 3.32. The zero-order chi connectivity index (χ0) is 19.6. The molecule has 0 amide bonds. The van der Waals surface area contributed by atoms with Crippen molar-refractivity contribution in [1.82, 2.24) is 14.8 Å². The summed E-state index contributed by atoms with van der Waals surface area (Å²) >= 11 is 12.5. The Morgan fingerprint density at radius 3 is 2.75 bits per heavy atom.